The Morgan fingerprint density at radius 1 is 0.966 bits per heavy atom. The summed E-state index contributed by atoms with van der Waals surface area (Å²) in [5, 5.41) is 5.68. The number of aliphatic imine (C=N–C) groups is 1. The molecule has 1 unspecified atom stereocenters. The van der Waals surface area contributed by atoms with E-state index in [9.17, 15) is 24.0 Å². The van der Waals surface area contributed by atoms with Gasteiger partial charge in [0, 0.05) is 47.0 Å². The maximum atomic E-state index is 14.1. The molecule has 2 amide bonds. The van der Waals surface area contributed by atoms with Gasteiger partial charge in [0.2, 0.25) is 6.29 Å². The molecule has 0 radical (unpaired) electrons. The Kier molecular flexibility index (Phi) is 15.5. The number of rotatable bonds is 18. The van der Waals surface area contributed by atoms with Crippen molar-refractivity contribution in [2.75, 3.05) is 32.3 Å². The summed E-state index contributed by atoms with van der Waals surface area (Å²) in [6.07, 6.45) is 0.665. The lowest BCUT2D eigenvalue weighted by atomic mass is 9.94. The number of amides is 2. The Balaban J connectivity index is 1.60. The maximum absolute atomic E-state index is 14.1. The zero-order chi connectivity index (χ0) is 42.6. The molecule has 1 saturated carbocycles. The number of aromatic nitrogens is 1. The molecule has 1 fully saturated rings. The number of hydrogen-bond acceptors (Lipinski definition) is 13. The first kappa shape index (κ1) is 44.4. The van der Waals surface area contributed by atoms with Crippen molar-refractivity contribution in [3.8, 4) is 16.9 Å². The number of nitrogens with zero attached hydrogens (tertiary/aromatic N) is 2. The average Bonchev–Trinajstić information content (AvgIpc) is 3.99. The van der Waals surface area contributed by atoms with Crippen molar-refractivity contribution in [3.05, 3.63) is 83.2 Å². The van der Waals surface area contributed by atoms with Crippen molar-refractivity contribution in [2.24, 2.45) is 16.6 Å². The van der Waals surface area contributed by atoms with Crippen LogP contribution in [0.4, 0.5) is 10.5 Å². The number of carbonyl (C=O) groups is 5. The smallest absolute Gasteiger partial charge is 0.496 e. The van der Waals surface area contributed by atoms with Crippen LogP contribution in [0.1, 0.15) is 103 Å². The number of carbonyl (C=O) groups excluding carboxylic acids is 5. The highest BCUT2D eigenvalue weighted by Gasteiger charge is 2.28. The number of hydrogen-bond donors (Lipinski definition) is 3. The van der Waals surface area contributed by atoms with Gasteiger partial charge in [0.15, 0.2) is 5.69 Å². The Morgan fingerprint density at radius 2 is 1.67 bits per heavy atom. The highest BCUT2D eigenvalue weighted by molar-refractivity contribution is 6.11. The van der Waals surface area contributed by atoms with Crippen LogP contribution in [-0.2, 0) is 28.5 Å². The fourth-order valence-corrected chi connectivity index (χ4v) is 5.28. The van der Waals surface area contributed by atoms with Crippen LogP contribution >= 0.6 is 0 Å². The second kappa shape index (κ2) is 20.2. The molecule has 1 heterocycles. The van der Waals surface area contributed by atoms with Crippen molar-refractivity contribution in [1.29, 1.82) is 0 Å². The van der Waals surface area contributed by atoms with Gasteiger partial charge < -0.3 is 44.8 Å². The topological polar surface area (TPSA) is 216 Å². The van der Waals surface area contributed by atoms with E-state index in [1.807, 2.05) is 0 Å². The normalized spacial score (nSPS) is 13.2. The fourth-order valence-electron chi connectivity index (χ4n) is 5.28. The van der Waals surface area contributed by atoms with Gasteiger partial charge in [-0.25, -0.2) is 19.6 Å². The first-order chi connectivity index (χ1) is 27.5. The number of anilines is 1. The van der Waals surface area contributed by atoms with Crippen molar-refractivity contribution >= 4 is 47.5 Å². The number of pyridine rings is 1. The molecule has 1 atom stereocenters. The molecular weight excluding hydrogens is 750 g/mol. The van der Waals surface area contributed by atoms with Gasteiger partial charge in [0.05, 0.1) is 26.2 Å². The van der Waals surface area contributed by atoms with E-state index < -0.39 is 41.9 Å². The molecule has 1 aliphatic carbocycles. The van der Waals surface area contributed by atoms with Crippen molar-refractivity contribution < 1.29 is 52.4 Å². The first-order valence-electron chi connectivity index (χ1n) is 18.7. The van der Waals surface area contributed by atoms with Crippen LogP contribution in [0.25, 0.3) is 17.2 Å². The largest absolute Gasteiger partial charge is 0.511 e. The molecule has 16 heteroatoms. The third-order valence-electron chi connectivity index (χ3n) is 8.20. The third kappa shape index (κ3) is 13.4. The van der Waals surface area contributed by atoms with Crippen LogP contribution in [-0.4, -0.2) is 85.7 Å². The van der Waals surface area contributed by atoms with Crippen LogP contribution < -0.4 is 21.1 Å². The molecule has 310 valence electrons. The van der Waals surface area contributed by atoms with E-state index >= 15 is 0 Å². The average molecular weight is 802 g/mol. The third-order valence-corrected chi connectivity index (χ3v) is 8.20. The van der Waals surface area contributed by atoms with E-state index in [1.165, 1.54) is 38.3 Å². The summed E-state index contributed by atoms with van der Waals surface area (Å²) in [4.78, 5) is 73.5. The quantitative estimate of drug-likeness (QED) is 0.0323. The van der Waals surface area contributed by atoms with Crippen LogP contribution in [0.5, 0.6) is 5.75 Å². The van der Waals surface area contributed by atoms with Crippen LogP contribution in [0.15, 0.2) is 60.1 Å². The van der Waals surface area contributed by atoms with Crippen molar-refractivity contribution in [1.82, 2.24) is 10.3 Å². The van der Waals surface area contributed by atoms with E-state index in [2.05, 4.69) is 27.2 Å². The molecule has 3 aromatic rings. The number of nitrogens with two attached hydrogens (primary N) is 1. The highest BCUT2D eigenvalue weighted by atomic mass is 16.8. The summed E-state index contributed by atoms with van der Waals surface area (Å²) < 4.78 is 31.7. The van der Waals surface area contributed by atoms with Gasteiger partial charge in [-0.15, -0.1) is 0 Å². The van der Waals surface area contributed by atoms with Gasteiger partial charge in [-0.2, -0.15) is 0 Å². The van der Waals surface area contributed by atoms with Gasteiger partial charge >= 0.3 is 18.1 Å². The molecule has 1 aliphatic rings. The second-order valence-electron chi connectivity index (χ2n) is 14.5. The first-order valence-corrected chi connectivity index (χ1v) is 18.7. The molecule has 58 heavy (non-hydrogen) atoms. The summed E-state index contributed by atoms with van der Waals surface area (Å²) in [5.41, 5.74) is 7.01. The lowest BCUT2D eigenvalue weighted by Crippen LogP contribution is -2.28. The van der Waals surface area contributed by atoms with E-state index in [1.54, 1.807) is 65.0 Å². The standard InChI is InChI=1S/C42H51N5O11/c1-9-27-20-32(38(49)46-29-14-12-28(13-15-29)37(43)45-23-54-19-18-35(48)58-42(5,6)7)31(21-34(27)53-8)30-16-17-33(39(50)44-22-26-10-11-26)47-36(30)40(51)56-25(4)57-41(52)55-24(2)3/h9,12-17,20-21,24-26H,1,10-11,18-19,22-23H2,2-8H3,(H2,43,45)(H,44,50)(H,46,49). The Bertz CT molecular complexity index is 2020. The van der Waals surface area contributed by atoms with E-state index in [0.717, 1.165) is 12.8 Å². The summed E-state index contributed by atoms with van der Waals surface area (Å²) in [7, 11) is 1.44. The fraction of sp³-hybridized carbons (Fsp3) is 0.405. The van der Waals surface area contributed by atoms with Crippen molar-refractivity contribution in [2.45, 2.75) is 78.8 Å². The zero-order valence-corrected chi connectivity index (χ0v) is 33.8. The van der Waals surface area contributed by atoms with Gasteiger partial charge in [-0.3, -0.25) is 14.4 Å². The Morgan fingerprint density at radius 3 is 2.29 bits per heavy atom. The minimum atomic E-state index is -1.40. The van der Waals surface area contributed by atoms with Crippen LogP contribution in [0.2, 0.25) is 0 Å². The molecule has 0 spiro atoms. The Hall–Kier alpha value is -6.29. The van der Waals surface area contributed by atoms with Gasteiger partial charge in [-0.1, -0.05) is 12.7 Å². The van der Waals surface area contributed by atoms with E-state index in [-0.39, 0.29) is 59.6 Å². The van der Waals surface area contributed by atoms with E-state index in [4.69, 9.17) is 34.2 Å². The molecule has 0 bridgehead atoms. The number of benzene rings is 2. The molecule has 4 N–H and O–H groups in total. The summed E-state index contributed by atoms with van der Waals surface area (Å²) in [6, 6.07) is 12.6. The van der Waals surface area contributed by atoms with Crippen molar-refractivity contribution in [3.63, 3.8) is 0 Å². The molecule has 0 aliphatic heterocycles. The maximum Gasteiger partial charge on any atom is 0.511 e. The van der Waals surface area contributed by atoms with E-state index in [0.29, 0.717) is 35.0 Å². The number of ether oxygens (including phenoxy) is 6. The molecule has 0 saturated heterocycles. The number of esters is 2. The lowest BCUT2D eigenvalue weighted by Gasteiger charge is -2.19. The summed E-state index contributed by atoms with van der Waals surface area (Å²) >= 11 is 0. The van der Waals surface area contributed by atoms with Crippen LogP contribution in [0.3, 0.4) is 0 Å². The highest BCUT2D eigenvalue weighted by Crippen LogP contribution is 2.35. The number of nitrogens with one attached hydrogen (secondary N) is 2. The van der Waals surface area contributed by atoms with Gasteiger partial charge in [0.25, 0.3) is 11.8 Å². The number of amidine groups is 1. The number of methoxy groups -OCH3 is 1. The predicted molar refractivity (Wildman–Crippen MR) is 215 cm³/mol. The van der Waals surface area contributed by atoms with Gasteiger partial charge in [0.1, 0.15) is 29.6 Å². The minimum absolute atomic E-state index is 0.0694. The zero-order valence-electron chi connectivity index (χ0n) is 33.8. The monoisotopic (exact) mass is 801 g/mol. The SMILES string of the molecule is C=Cc1cc(C(=O)Nc2ccc(C(N)=NCOCCC(=O)OC(C)(C)C)cc2)c(-c2ccc(C(=O)NCC3CC3)nc2C(=O)OC(C)OC(=O)OC(C)C)cc1OC. The molecular formula is C42H51N5O11. The molecule has 4 rings (SSSR count). The lowest BCUT2D eigenvalue weighted by molar-refractivity contribution is -0.156. The van der Waals surface area contributed by atoms with Gasteiger partial charge in [-0.05, 0) is 102 Å². The Labute approximate surface area is 337 Å². The molecule has 1 aromatic heterocycles. The molecule has 2 aromatic carbocycles. The molecule has 16 nitrogen and oxygen atoms in total. The van der Waals surface area contributed by atoms with Crippen LogP contribution in [0, 0.1) is 5.92 Å². The minimum Gasteiger partial charge on any atom is -0.496 e. The second-order valence-corrected chi connectivity index (χ2v) is 14.5. The predicted octanol–water partition coefficient (Wildman–Crippen LogP) is 6.27. The summed E-state index contributed by atoms with van der Waals surface area (Å²) in [5.74, 6) is -1.62. The summed E-state index contributed by atoms with van der Waals surface area (Å²) in [6.45, 7) is 14.3.